The second kappa shape index (κ2) is 6.31. The number of nitrogens with zero attached hydrogens (tertiary/aromatic N) is 2. The van der Waals surface area contributed by atoms with Gasteiger partial charge in [0.2, 0.25) is 0 Å². The fourth-order valence-electron chi connectivity index (χ4n) is 3.28. The predicted octanol–water partition coefficient (Wildman–Crippen LogP) is 2.95. The van der Waals surface area contributed by atoms with Gasteiger partial charge in [-0.2, -0.15) is 0 Å². The molecule has 1 fully saturated rings. The molecule has 1 aromatic carbocycles. The van der Waals surface area contributed by atoms with Gasteiger partial charge < -0.3 is 15.7 Å². The molecule has 4 nitrogen and oxygen atoms in total. The summed E-state index contributed by atoms with van der Waals surface area (Å²) in [6, 6.07) is 10.4. The third-order valence-corrected chi connectivity index (χ3v) is 4.35. The van der Waals surface area contributed by atoms with Crippen LogP contribution in [0.5, 0.6) is 0 Å². The highest BCUT2D eigenvalue weighted by molar-refractivity contribution is 5.83. The van der Waals surface area contributed by atoms with Crippen LogP contribution in [0.2, 0.25) is 0 Å². The quantitative estimate of drug-likeness (QED) is 0.848. The van der Waals surface area contributed by atoms with Crippen LogP contribution >= 0.6 is 0 Å². The molecule has 4 heteroatoms. The van der Waals surface area contributed by atoms with E-state index in [9.17, 15) is 5.11 Å². The van der Waals surface area contributed by atoms with E-state index in [1.54, 1.807) is 0 Å². The van der Waals surface area contributed by atoms with Crippen LogP contribution in [0.4, 0.5) is 11.5 Å². The number of hydrogen-bond acceptors (Lipinski definition) is 4. The van der Waals surface area contributed by atoms with Crippen molar-refractivity contribution in [1.29, 1.82) is 0 Å². The number of aromatic nitrogens is 1. The first-order valence-electron chi connectivity index (χ1n) is 7.82. The first-order chi connectivity index (χ1) is 10.3. The fraction of sp³-hybridized carbons (Fsp3) is 0.471. The summed E-state index contributed by atoms with van der Waals surface area (Å²) in [6.45, 7) is 0.816. The summed E-state index contributed by atoms with van der Waals surface area (Å²) in [7, 11) is 0. The Morgan fingerprint density at radius 2 is 1.95 bits per heavy atom. The molecule has 0 unspecified atom stereocenters. The summed E-state index contributed by atoms with van der Waals surface area (Å²) in [6.07, 6.45) is 6.27. The Bertz CT molecular complexity index is 608. The van der Waals surface area contributed by atoms with Crippen molar-refractivity contribution >= 4 is 22.4 Å². The maximum Gasteiger partial charge on any atom is 0.129 e. The molecule has 112 valence electrons. The van der Waals surface area contributed by atoms with Crippen LogP contribution < -0.4 is 10.6 Å². The van der Waals surface area contributed by atoms with Crippen molar-refractivity contribution < 1.29 is 5.11 Å². The lowest BCUT2D eigenvalue weighted by Gasteiger charge is -2.35. The van der Waals surface area contributed by atoms with Crippen LogP contribution in [0.15, 0.2) is 30.3 Å². The van der Waals surface area contributed by atoms with Crippen LogP contribution in [-0.4, -0.2) is 29.3 Å². The van der Waals surface area contributed by atoms with Crippen molar-refractivity contribution in [2.75, 3.05) is 23.8 Å². The molecule has 3 N–H and O–H groups in total. The molecule has 1 aromatic heterocycles. The lowest BCUT2D eigenvalue weighted by Crippen LogP contribution is -2.39. The highest BCUT2D eigenvalue weighted by Crippen LogP contribution is 2.27. The molecule has 0 saturated heterocycles. The van der Waals surface area contributed by atoms with Crippen molar-refractivity contribution in [3.8, 4) is 0 Å². The Hall–Kier alpha value is -1.81. The molecule has 21 heavy (non-hydrogen) atoms. The molecule has 0 aliphatic heterocycles. The first-order valence-corrected chi connectivity index (χ1v) is 7.82. The van der Waals surface area contributed by atoms with Gasteiger partial charge in [-0.15, -0.1) is 0 Å². The molecule has 1 heterocycles. The minimum Gasteiger partial charge on any atom is -0.399 e. The molecular formula is C17H23N3O. The third-order valence-electron chi connectivity index (χ3n) is 4.35. The molecule has 2 aromatic rings. The number of nitrogen functional groups attached to an aromatic ring is 1. The maximum absolute atomic E-state index is 9.39. The largest absolute Gasteiger partial charge is 0.399 e. The van der Waals surface area contributed by atoms with Gasteiger partial charge in [-0.1, -0.05) is 19.3 Å². The molecular weight excluding hydrogens is 262 g/mol. The second-order valence-electron chi connectivity index (χ2n) is 5.83. The molecule has 1 saturated carbocycles. The van der Waals surface area contributed by atoms with E-state index in [-0.39, 0.29) is 6.61 Å². The van der Waals surface area contributed by atoms with Gasteiger partial charge in [0, 0.05) is 23.7 Å². The van der Waals surface area contributed by atoms with E-state index in [4.69, 9.17) is 10.7 Å². The zero-order valence-corrected chi connectivity index (χ0v) is 12.3. The number of hydrogen-bond donors (Lipinski definition) is 2. The van der Waals surface area contributed by atoms with Gasteiger partial charge in [0.25, 0.3) is 0 Å². The molecule has 1 aliphatic carbocycles. The molecule has 1 aliphatic rings. The zero-order chi connectivity index (χ0) is 14.7. The summed E-state index contributed by atoms with van der Waals surface area (Å²) in [5, 5.41) is 10.5. The molecule has 0 bridgehead atoms. The summed E-state index contributed by atoms with van der Waals surface area (Å²) >= 11 is 0. The Labute approximate surface area is 125 Å². The van der Waals surface area contributed by atoms with E-state index in [0.29, 0.717) is 12.6 Å². The summed E-state index contributed by atoms with van der Waals surface area (Å²) in [4.78, 5) is 7.04. The van der Waals surface area contributed by atoms with Gasteiger partial charge in [0.1, 0.15) is 5.82 Å². The number of pyridine rings is 1. The fourth-order valence-corrected chi connectivity index (χ4v) is 3.28. The molecule has 0 amide bonds. The van der Waals surface area contributed by atoms with Crippen LogP contribution in [0.25, 0.3) is 10.9 Å². The minimum absolute atomic E-state index is 0.165. The Morgan fingerprint density at radius 1 is 1.14 bits per heavy atom. The number of aliphatic hydroxyl groups excluding tert-OH is 1. The highest BCUT2D eigenvalue weighted by atomic mass is 16.3. The summed E-state index contributed by atoms with van der Waals surface area (Å²) in [5.41, 5.74) is 7.53. The molecule has 0 radical (unpaired) electrons. The van der Waals surface area contributed by atoms with Gasteiger partial charge >= 0.3 is 0 Å². The SMILES string of the molecule is Nc1ccc2nc(N(CCO)C3CCCCC3)ccc2c1. The van der Waals surface area contributed by atoms with E-state index in [2.05, 4.69) is 11.0 Å². The van der Waals surface area contributed by atoms with E-state index in [1.807, 2.05) is 24.3 Å². The average Bonchev–Trinajstić information content (AvgIpc) is 2.53. The van der Waals surface area contributed by atoms with Crippen LogP contribution in [-0.2, 0) is 0 Å². The van der Waals surface area contributed by atoms with Crippen molar-refractivity contribution in [3.63, 3.8) is 0 Å². The van der Waals surface area contributed by atoms with Crippen molar-refractivity contribution in [3.05, 3.63) is 30.3 Å². The number of nitrogens with two attached hydrogens (primary N) is 1. The summed E-state index contributed by atoms with van der Waals surface area (Å²) < 4.78 is 0. The van der Waals surface area contributed by atoms with Crippen LogP contribution in [0, 0.1) is 0 Å². The standard InChI is InChI=1S/C17H23N3O/c18-14-7-8-16-13(12-14)6-9-17(19-16)20(10-11-21)15-4-2-1-3-5-15/h6-9,12,15,21H,1-5,10-11,18H2. The van der Waals surface area contributed by atoms with Crippen molar-refractivity contribution in [1.82, 2.24) is 4.98 Å². The number of aliphatic hydroxyl groups is 1. The van der Waals surface area contributed by atoms with E-state index in [1.165, 1.54) is 32.1 Å². The second-order valence-corrected chi connectivity index (χ2v) is 5.83. The lowest BCUT2D eigenvalue weighted by atomic mass is 9.94. The Kier molecular flexibility index (Phi) is 4.25. The third kappa shape index (κ3) is 3.10. The summed E-state index contributed by atoms with van der Waals surface area (Å²) in [5.74, 6) is 0.966. The molecule has 0 spiro atoms. The molecule has 0 atom stereocenters. The first kappa shape index (κ1) is 14.1. The van der Waals surface area contributed by atoms with Crippen molar-refractivity contribution in [2.45, 2.75) is 38.1 Å². The Balaban J connectivity index is 1.92. The normalized spacial score (nSPS) is 16.2. The number of anilines is 2. The number of rotatable bonds is 4. The van der Waals surface area contributed by atoms with E-state index >= 15 is 0 Å². The monoisotopic (exact) mass is 285 g/mol. The van der Waals surface area contributed by atoms with E-state index in [0.717, 1.165) is 22.4 Å². The predicted molar refractivity (Wildman–Crippen MR) is 87.5 cm³/mol. The topological polar surface area (TPSA) is 62.4 Å². The van der Waals surface area contributed by atoms with Gasteiger partial charge in [-0.05, 0) is 43.2 Å². The maximum atomic E-state index is 9.39. The van der Waals surface area contributed by atoms with Crippen molar-refractivity contribution in [2.24, 2.45) is 0 Å². The van der Waals surface area contributed by atoms with Crippen LogP contribution in [0.1, 0.15) is 32.1 Å². The van der Waals surface area contributed by atoms with Crippen LogP contribution in [0.3, 0.4) is 0 Å². The smallest absolute Gasteiger partial charge is 0.129 e. The highest BCUT2D eigenvalue weighted by Gasteiger charge is 2.22. The van der Waals surface area contributed by atoms with E-state index < -0.39 is 0 Å². The van der Waals surface area contributed by atoms with Gasteiger partial charge in [-0.3, -0.25) is 0 Å². The van der Waals surface area contributed by atoms with Gasteiger partial charge in [0.15, 0.2) is 0 Å². The average molecular weight is 285 g/mol. The van der Waals surface area contributed by atoms with Gasteiger partial charge in [-0.25, -0.2) is 4.98 Å². The number of fused-ring (bicyclic) bond motifs is 1. The Morgan fingerprint density at radius 3 is 2.71 bits per heavy atom. The number of benzene rings is 1. The lowest BCUT2D eigenvalue weighted by molar-refractivity contribution is 0.289. The zero-order valence-electron chi connectivity index (χ0n) is 12.3. The minimum atomic E-state index is 0.165. The molecule has 3 rings (SSSR count). The van der Waals surface area contributed by atoms with Gasteiger partial charge in [0.05, 0.1) is 12.1 Å².